The molecule has 1 amide bonds. The van der Waals surface area contributed by atoms with Gasteiger partial charge in [0.2, 0.25) is 11.8 Å². The molecule has 1 aromatic heterocycles. The molecule has 0 aliphatic carbocycles. The SMILES string of the molecule is COc1c(CNCc2cccc(CN3CCCC(C(N)=O)C3)c2)c(C)nn1C. The van der Waals surface area contributed by atoms with Crippen LogP contribution in [0.5, 0.6) is 5.88 Å². The van der Waals surface area contributed by atoms with Crippen LogP contribution < -0.4 is 15.8 Å². The lowest BCUT2D eigenvalue weighted by Gasteiger charge is -2.31. The summed E-state index contributed by atoms with van der Waals surface area (Å²) in [4.78, 5) is 13.8. The van der Waals surface area contributed by atoms with E-state index in [9.17, 15) is 4.79 Å². The highest BCUT2D eigenvalue weighted by atomic mass is 16.5. The predicted molar refractivity (Wildman–Crippen MR) is 109 cm³/mol. The Hall–Kier alpha value is -2.38. The second kappa shape index (κ2) is 9.21. The molecule has 1 unspecified atom stereocenters. The molecule has 3 N–H and O–H groups in total. The number of carbonyl (C=O) groups excluding carboxylic acids is 1. The van der Waals surface area contributed by atoms with Crippen LogP contribution in [0.3, 0.4) is 0 Å². The van der Waals surface area contributed by atoms with Crippen LogP contribution in [0.15, 0.2) is 24.3 Å². The first-order chi connectivity index (χ1) is 13.5. The third-order valence-electron chi connectivity index (χ3n) is 5.42. The smallest absolute Gasteiger partial charge is 0.221 e. The van der Waals surface area contributed by atoms with Gasteiger partial charge in [-0.3, -0.25) is 9.69 Å². The minimum absolute atomic E-state index is 0.0173. The molecule has 1 atom stereocenters. The molecule has 28 heavy (non-hydrogen) atoms. The number of nitrogens with one attached hydrogen (secondary N) is 1. The van der Waals surface area contributed by atoms with Crippen LogP contribution >= 0.6 is 0 Å². The number of hydrogen-bond acceptors (Lipinski definition) is 5. The summed E-state index contributed by atoms with van der Waals surface area (Å²) in [5.41, 5.74) is 10.1. The summed E-state index contributed by atoms with van der Waals surface area (Å²) in [6.45, 7) is 6.12. The molecule has 0 radical (unpaired) electrons. The summed E-state index contributed by atoms with van der Waals surface area (Å²) < 4.78 is 7.22. The Kier molecular flexibility index (Phi) is 6.70. The third-order valence-corrected chi connectivity index (χ3v) is 5.42. The molecule has 0 spiro atoms. The Morgan fingerprint density at radius 1 is 1.36 bits per heavy atom. The highest BCUT2D eigenvalue weighted by Gasteiger charge is 2.23. The molecule has 1 fully saturated rings. The number of ether oxygens (including phenoxy) is 1. The molecule has 2 heterocycles. The summed E-state index contributed by atoms with van der Waals surface area (Å²) in [5.74, 6) is 0.605. The number of nitrogens with two attached hydrogens (primary N) is 1. The van der Waals surface area contributed by atoms with Crippen molar-refractivity contribution in [1.82, 2.24) is 20.0 Å². The van der Waals surface area contributed by atoms with Crippen molar-refractivity contribution in [3.63, 3.8) is 0 Å². The molecule has 1 aromatic carbocycles. The lowest BCUT2D eigenvalue weighted by Crippen LogP contribution is -2.40. The lowest BCUT2D eigenvalue weighted by atomic mass is 9.97. The van der Waals surface area contributed by atoms with Crippen LogP contribution in [0.2, 0.25) is 0 Å². The maximum absolute atomic E-state index is 11.5. The van der Waals surface area contributed by atoms with Gasteiger partial charge >= 0.3 is 0 Å². The van der Waals surface area contributed by atoms with Crippen LogP contribution in [0.4, 0.5) is 0 Å². The fourth-order valence-electron chi connectivity index (χ4n) is 4.00. The number of methoxy groups -OCH3 is 1. The molecule has 152 valence electrons. The number of carbonyl (C=O) groups is 1. The van der Waals surface area contributed by atoms with E-state index in [4.69, 9.17) is 10.5 Å². The van der Waals surface area contributed by atoms with Crippen molar-refractivity contribution in [2.24, 2.45) is 18.7 Å². The van der Waals surface area contributed by atoms with Crippen LogP contribution in [0, 0.1) is 12.8 Å². The van der Waals surface area contributed by atoms with Crippen molar-refractivity contribution in [3.05, 3.63) is 46.6 Å². The Morgan fingerprint density at radius 2 is 2.14 bits per heavy atom. The van der Waals surface area contributed by atoms with Gasteiger partial charge in [0, 0.05) is 33.2 Å². The number of aromatic nitrogens is 2. The van der Waals surface area contributed by atoms with Gasteiger partial charge in [-0.2, -0.15) is 5.10 Å². The van der Waals surface area contributed by atoms with Crippen molar-refractivity contribution >= 4 is 5.91 Å². The first kappa shape index (κ1) is 20.4. The molecular weight excluding hydrogens is 354 g/mol. The lowest BCUT2D eigenvalue weighted by molar-refractivity contribution is -0.123. The van der Waals surface area contributed by atoms with Crippen molar-refractivity contribution < 1.29 is 9.53 Å². The van der Waals surface area contributed by atoms with E-state index in [1.807, 2.05) is 14.0 Å². The number of piperidine rings is 1. The topological polar surface area (TPSA) is 85.4 Å². The maximum atomic E-state index is 11.5. The molecule has 1 aliphatic rings. The minimum Gasteiger partial charge on any atom is -0.481 e. The van der Waals surface area contributed by atoms with E-state index in [1.54, 1.807) is 11.8 Å². The number of benzene rings is 1. The fourth-order valence-corrected chi connectivity index (χ4v) is 4.00. The van der Waals surface area contributed by atoms with Crippen LogP contribution in [-0.2, 0) is 31.5 Å². The molecule has 2 aromatic rings. The van der Waals surface area contributed by atoms with Crippen LogP contribution in [0.25, 0.3) is 0 Å². The first-order valence-corrected chi connectivity index (χ1v) is 9.84. The van der Waals surface area contributed by atoms with E-state index in [0.29, 0.717) is 6.54 Å². The minimum atomic E-state index is -0.177. The van der Waals surface area contributed by atoms with Crippen molar-refractivity contribution in [3.8, 4) is 5.88 Å². The second-order valence-corrected chi connectivity index (χ2v) is 7.60. The number of rotatable bonds is 8. The summed E-state index contributed by atoms with van der Waals surface area (Å²) in [5, 5.41) is 7.91. The number of primary amides is 1. The Morgan fingerprint density at radius 3 is 2.89 bits per heavy atom. The van der Waals surface area contributed by atoms with Gasteiger partial charge in [0.25, 0.3) is 0 Å². The molecule has 7 nitrogen and oxygen atoms in total. The van der Waals surface area contributed by atoms with E-state index in [-0.39, 0.29) is 11.8 Å². The van der Waals surface area contributed by atoms with E-state index < -0.39 is 0 Å². The van der Waals surface area contributed by atoms with Gasteiger partial charge in [0.05, 0.1) is 24.3 Å². The average Bonchev–Trinajstić information content (AvgIpc) is 2.95. The van der Waals surface area contributed by atoms with E-state index in [2.05, 4.69) is 39.6 Å². The van der Waals surface area contributed by atoms with Gasteiger partial charge in [0.1, 0.15) is 0 Å². The summed E-state index contributed by atoms with van der Waals surface area (Å²) in [6, 6.07) is 8.60. The molecule has 1 saturated heterocycles. The molecule has 0 bridgehead atoms. The van der Waals surface area contributed by atoms with Crippen molar-refractivity contribution in [2.75, 3.05) is 20.2 Å². The number of aryl methyl sites for hydroxylation is 2. The molecule has 0 saturated carbocycles. The molecule has 1 aliphatic heterocycles. The Labute approximate surface area is 166 Å². The number of nitrogens with zero attached hydrogens (tertiary/aromatic N) is 3. The van der Waals surface area contributed by atoms with Gasteiger partial charge in [-0.05, 0) is 37.4 Å². The van der Waals surface area contributed by atoms with Gasteiger partial charge < -0.3 is 15.8 Å². The Balaban J connectivity index is 1.56. The molecule has 7 heteroatoms. The van der Waals surface area contributed by atoms with Gasteiger partial charge in [-0.1, -0.05) is 24.3 Å². The number of hydrogen-bond donors (Lipinski definition) is 2. The zero-order chi connectivity index (χ0) is 20.1. The Bertz CT molecular complexity index is 817. The molecule has 3 rings (SSSR count). The normalized spacial score (nSPS) is 17.6. The van der Waals surface area contributed by atoms with Gasteiger partial charge in [-0.25, -0.2) is 4.68 Å². The summed E-state index contributed by atoms with van der Waals surface area (Å²) in [6.07, 6.45) is 1.94. The monoisotopic (exact) mass is 385 g/mol. The van der Waals surface area contributed by atoms with Gasteiger partial charge in [0.15, 0.2) is 0 Å². The quantitative estimate of drug-likeness (QED) is 0.723. The average molecular weight is 386 g/mol. The van der Waals surface area contributed by atoms with Crippen LogP contribution in [0.1, 0.15) is 35.2 Å². The van der Waals surface area contributed by atoms with Gasteiger partial charge in [-0.15, -0.1) is 0 Å². The fraction of sp³-hybridized carbons (Fsp3) is 0.524. The number of likely N-dealkylation sites (tertiary alicyclic amines) is 1. The zero-order valence-electron chi connectivity index (χ0n) is 17.1. The first-order valence-electron chi connectivity index (χ1n) is 9.84. The summed E-state index contributed by atoms with van der Waals surface area (Å²) in [7, 11) is 3.56. The highest BCUT2D eigenvalue weighted by Crippen LogP contribution is 2.21. The molecular formula is C21H31N5O2. The second-order valence-electron chi connectivity index (χ2n) is 7.60. The summed E-state index contributed by atoms with van der Waals surface area (Å²) >= 11 is 0. The van der Waals surface area contributed by atoms with E-state index >= 15 is 0 Å². The van der Waals surface area contributed by atoms with Crippen molar-refractivity contribution in [1.29, 1.82) is 0 Å². The van der Waals surface area contributed by atoms with Crippen molar-refractivity contribution in [2.45, 2.75) is 39.4 Å². The zero-order valence-corrected chi connectivity index (χ0v) is 17.1. The predicted octanol–water partition coefficient (Wildman–Crippen LogP) is 1.72. The van der Waals surface area contributed by atoms with E-state index in [1.165, 1.54) is 11.1 Å². The van der Waals surface area contributed by atoms with E-state index in [0.717, 1.165) is 56.2 Å². The largest absolute Gasteiger partial charge is 0.481 e. The number of amides is 1. The van der Waals surface area contributed by atoms with Crippen LogP contribution in [-0.4, -0.2) is 40.8 Å². The standard InChI is InChI=1S/C21H31N5O2/c1-15-19(21(28-3)25(2)24-15)12-23-11-16-6-4-7-17(10-16)13-26-9-5-8-18(14-26)20(22)27/h4,6-7,10,18,23H,5,8-9,11-14H2,1-3H3,(H2,22,27). The highest BCUT2D eigenvalue weighted by molar-refractivity contribution is 5.76. The third kappa shape index (κ3) is 4.91. The maximum Gasteiger partial charge on any atom is 0.221 e.